The van der Waals surface area contributed by atoms with Crippen molar-refractivity contribution in [3.63, 3.8) is 0 Å². The zero-order chi connectivity index (χ0) is 13.8. The van der Waals surface area contributed by atoms with E-state index in [1.165, 1.54) is 6.92 Å². The predicted octanol–water partition coefficient (Wildman–Crippen LogP) is 2.21. The Morgan fingerprint density at radius 3 is 2.22 bits per heavy atom. The number of amides is 1. The Morgan fingerprint density at radius 2 is 1.78 bits per heavy atom. The molecule has 1 aromatic rings. The average molecular weight is 261 g/mol. The Balaban J connectivity index is 2.70. The van der Waals surface area contributed by atoms with Crippen molar-refractivity contribution in [3.05, 3.63) is 29.8 Å². The highest BCUT2D eigenvalue weighted by Gasteiger charge is 2.30. The van der Waals surface area contributed by atoms with Crippen molar-refractivity contribution in [2.24, 2.45) is 0 Å². The van der Waals surface area contributed by atoms with Crippen LogP contribution in [-0.2, 0) is 20.5 Å². The molecule has 0 spiro atoms. The molecule has 7 heteroatoms. The quantitative estimate of drug-likeness (QED) is 0.656. The summed E-state index contributed by atoms with van der Waals surface area (Å²) in [7, 11) is 0. The third kappa shape index (κ3) is 3.76. The van der Waals surface area contributed by atoms with E-state index in [-0.39, 0.29) is 12.3 Å². The van der Waals surface area contributed by atoms with Gasteiger partial charge in [0.2, 0.25) is 0 Å². The maximum Gasteiger partial charge on any atom is 0.416 e. The Labute approximate surface area is 101 Å². The summed E-state index contributed by atoms with van der Waals surface area (Å²) >= 11 is 0. The lowest BCUT2D eigenvalue weighted by atomic mass is 10.2. The molecule has 1 amide bonds. The first kappa shape index (κ1) is 14.0. The number of alkyl halides is 3. The van der Waals surface area contributed by atoms with Gasteiger partial charge in [-0.2, -0.15) is 13.2 Å². The molecule has 1 rings (SSSR count). The molecule has 0 saturated heterocycles. The van der Waals surface area contributed by atoms with Crippen LogP contribution in [-0.4, -0.2) is 18.5 Å². The average Bonchev–Trinajstić information content (AvgIpc) is 2.28. The molecule has 0 aliphatic carbocycles. The second kappa shape index (κ2) is 5.52. The number of rotatable bonds is 2. The van der Waals surface area contributed by atoms with Crippen LogP contribution in [0.25, 0.3) is 0 Å². The van der Waals surface area contributed by atoms with Crippen molar-refractivity contribution in [2.45, 2.75) is 13.1 Å². The van der Waals surface area contributed by atoms with E-state index in [0.717, 1.165) is 24.3 Å². The largest absolute Gasteiger partial charge is 0.459 e. The number of ether oxygens (including phenoxy) is 1. The normalized spacial score (nSPS) is 10.9. The highest BCUT2D eigenvalue weighted by Crippen LogP contribution is 2.29. The predicted molar refractivity (Wildman–Crippen MR) is 56.7 cm³/mol. The molecule has 0 atom stereocenters. The smallest absolute Gasteiger partial charge is 0.416 e. The second-order valence-corrected chi connectivity index (χ2v) is 3.25. The number of halogens is 3. The number of carbonyl (C=O) groups is 2. The van der Waals surface area contributed by atoms with Gasteiger partial charge in [0, 0.05) is 5.69 Å². The first-order chi connectivity index (χ1) is 8.34. The van der Waals surface area contributed by atoms with Gasteiger partial charge in [-0.05, 0) is 31.2 Å². The summed E-state index contributed by atoms with van der Waals surface area (Å²) < 4.78 is 41.2. The van der Waals surface area contributed by atoms with E-state index in [4.69, 9.17) is 0 Å². The Hall–Kier alpha value is -2.05. The van der Waals surface area contributed by atoms with Gasteiger partial charge in [0.25, 0.3) is 0 Å². The molecule has 0 unspecified atom stereocenters. The molecule has 0 fully saturated rings. The summed E-state index contributed by atoms with van der Waals surface area (Å²) in [4.78, 5) is 22.1. The minimum Gasteiger partial charge on any atom is -0.459 e. The monoisotopic (exact) mass is 261 g/mol. The number of anilines is 1. The SMILES string of the molecule is CCOC(=O)C(=O)Nc1ccc(C(F)(F)F)cc1. The number of hydrogen-bond donors (Lipinski definition) is 1. The van der Waals surface area contributed by atoms with Crippen molar-refractivity contribution < 1.29 is 27.5 Å². The third-order valence-electron chi connectivity index (χ3n) is 1.93. The van der Waals surface area contributed by atoms with Crippen molar-refractivity contribution in [2.75, 3.05) is 11.9 Å². The van der Waals surface area contributed by atoms with E-state index in [0.29, 0.717) is 0 Å². The van der Waals surface area contributed by atoms with Crippen LogP contribution in [0.1, 0.15) is 12.5 Å². The summed E-state index contributed by atoms with van der Waals surface area (Å²) in [6, 6.07) is 3.72. The van der Waals surface area contributed by atoms with Crippen LogP contribution in [0.2, 0.25) is 0 Å². The lowest BCUT2D eigenvalue weighted by molar-refractivity contribution is -0.152. The Morgan fingerprint density at radius 1 is 1.22 bits per heavy atom. The van der Waals surface area contributed by atoms with E-state index in [1.54, 1.807) is 0 Å². The van der Waals surface area contributed by atoms with Gasteiger partial charge < -0.3 is 10.1 Å². The molecule has 0 aliphatic rings. The molecule has 1 N–H and O–H groups in total. The van der Waals surface area contributed by atoms with Gasteiger partial charge in [-0.15, -0.1) is 0 Å². The van der Waals surface area contributed by atoms with Crippen LogP contribution < -0.4 is 5.32 Å². The number of hydrogen-bond acceptors (Lipinski definition) is 3. The molecular formula is C11H10F3NO3. The Bertz CT molecular complexity index is 440. The highest BCUT2D eigenvalue weighted by molar-refractivity contribution is 6.37. The molecule has 98 valence electrons. The summed E-state index contributed by atoms with van der Waals surface area (Å²) in [5, 5.41) is 2.12. The maximum absolute atomic E-state index is 12.2. The fourth-order valence-corrected chi connectivity index (χ4v) is 1.12. The van der Waals surface area contributed by atoms with E-state index in [9.17, 15) is 22.8 Å². The molecular weight excluding hydrogens is 251 g/mol. The number of carbonyl (C=O) groups excluding carboxylic acids is 2. The van der Waals surface area contributed by atoms with Crippen molar-refractivity contribution >= 4 is 17.6 Å². The topological polar surface area (TPSA) is 55.4 Å². The van der Waals surface area contributed by atoms with Crippen LogP contribution in [0, 0.1) is 0 Å². The summed E-state index contributed by atoms with van der Waals surface area (Å²) in [5.74, 6) is -2.12. The van der Waals surface area contributed by atoms with Gasteiger partial charge in [-0.25, -0.2) is 4.79 Å². The summed E-state index contributed by atoms with van der Waals surface area (Å²) in [6.45, 7) is 1.57. The Kier molecular flexibility index (Phi) is 4.30. The van der Waals surface area contributed by atoms with Gasteiger partial charge in [-0.3, -0.25) is 4.79 Å². The minimum absolute atomic E-state index is 0.0409. The molecule has 0 aliphatic heterocycles. The zero-order valence-corrected chi connectivity index (χ0v) is 9.38. The van der Waals surface area contributed by atoms with Crippen LogP contribution in [0.15, 0.2) is 24.3 Å². The first-order valence-electron chi connectivity index (χ1n) is 5.00. The highest BCUT2D eigenvalue weighted by atomic mass is 19.4. The lowest BCUT2D eigenvalue weighted by Gasteiger charge is -2.08. The van der Waals surface area contributed by atoms with Crippen LogP contribution in [0.3, 0.4) is 0 Å². The van der Waals surface area contributed by atoms with Crippen molar-refractivity contribution in [1.29, 1.82) is 0 Å². The molecule has 0 saturated carbocycles. The standard InChI is InChI=1S/C11H10F3NO3/c1-2-18-10(17)9(16)15-8-5-3-7(4-6-8)11(12,13)14/h3-6H,2H2,1H3,(H,15,16). The summed E-state index contributed by atoms with van der Waals surface area (Å²) in [5.41, 5.74) is -0.752. The fraction of sp³-hybridized carbons (Fsp3) is 0.273. The second-order valence-electron chi connectivity index (χ2n) is 3.25. The van der Waals surface area contributed by atoms with Gasteiger partial charge in [0.1, 0.15) is 0 Å². The molecule has 0 aromatic heterocycles. The van der Waals surface area contributed by atoms with E-state index < -0.39 is 23.6 Å². The third-order valence-corrected chi connectivity index (χ3v) is 1.93. The molecule has 0 radical (unpaired) electrons. The van der Waals surface area contributed by atoms with E-state index in [2.05, 4.69) is 10.1 Å². The van der Waals surface area contributed by atoms with Gasteiger partial charge in [0.05, 0.1) is 12.2 Å². The molecule has 1 aromatic carbocycles. The number of esters is 1. The molecule has 4 nitrogen and oxygen atoms in total. The van der Waals surface area contributed by atoms with Crippen LogP contribution >= 0.6 is 0 Å². The maximum atomic E-state index is 12.2. The van der Waals surface area contributed by atoms with Gasteiger partial charge >= 0.3 is 18.1 Å². The number of benzene rings is 1. The van der Waals surface area contributed by atoms with E-state index >= 15 is 0 Å². The minimum atomic E-state index is -4.44. The van der Waals surface area contributed by atoms with Crippen LogP contribution in [0.5, 0.6) is 0 Å². The summed E-state index contributed by atoms with van der Waals surface area (Å²) in [6.07, 6.45) is -4.44. The zero-order valence-electron chi connectivity index (χ0n) is 9.38. The molecule has 0 bridgehead atoms. The molecule has 18 heavy (non-hydrogen) atoms. The van der Waals surface area contributed by atoms with Gasteiger partial charge in [-0.1, -0.05) is 0 Å². The number of nitrogens with one attached hydrogen (secondary N) is 1. The first-order valence-corrected chi connectivity index (χ1v) is 5.00. The molecule has 0 heterocycles. The van der Waals surface area contributed by atoms with Crippen LogP contribution in [0.4, 0.5) is 18.9 Å². The lowest BCUT2D eigenvalue weighted by Crippen LogP contribution is -2.25. The fourth-order valence-electron chi connectivity index (χ4n) is 1.12. The van der Waals surface area contributed by atoms with Crippen molar-refractivity contribution in [3.8, 4) is 0 Å². The van der Waals surface area contributed by atoms with E-state index in [1.807, 2.05) is 0 Å². The van der Waals surface area contributed by atoms with Crippen molar-refractivity contribution in [1.82, 2.24) is 0 Å². The van der Waals surface area contributed by atoms with Gasteiger partial charge in [0.15, 0.2) is 0 Å².